The number of nitrogens with zero attached hydrogens (tertiary/aromatic N) is 3. The van der Waals surface area contributed by atoms with Crippen molar-refractivity contribution in [3.8, 4) is 11.3 Å². The van der Waals surface area contributed by atoms with Crippen molar-refractivity contribution in [2.75, 3.05) is 25.5 Å². The molecule has 4 rings (SSSR count). The monoisotopic (exact) mass is 403 g/mol. The zero-order valence-electron chi connectivity index (χ0n) is 17.8. The number of hydrogen-bond acceptors (Lipinski definition) is 5. The van der Waals surface area contributed by atoms with Crippen molar-refractivity contribution >= 4 is 22.7 Å². The van der Waals surface area contributed by atoms with Gasteiger partial charge in [0, 0.05) is 42.6 Å². The van der Waals surface area contributed by atoms with Crippen LogP contribution in [0.1, 0.15) is 30.9 Å². The topological polar surface area (TPSA) is 92.7 Å². The Kier molecular flexibility index (Phi) is 5.81. The van der Waals surface area contributed by atoms with E-state index in [2.05, 4.69) is 43.7 Å². The Morgan fingerprint density at radius 2 is 2.10 bits per heavy atom. The third-order valence-corrected chi connectivity index (χ3v) is 5.62. The summed E-state index contributed by atoms with van der Waals surface area (Å²) in [7, 11) is 1.83. The fraction of sp³-hybridized carbons (Fsp3) is 0.348. The van der Waals surface area contributed by atoms with E-state index < -0.39 is 0 Å². The van der Waals surface area contributed by atoms with Crippen LogP contribution in [0.25, 0.3) is 22.2 Å². The van der Waals surface area contributed by atoms with E-state index in [1.807, 2.05) is 27.1 Å². The van der Waals surface area contributed by atoms with Gasteiger partial charge in [0.25, 0.3) is 0 Å². The Morgan fingerprint density at radius 1 is 1.30 bits per heavy atom. The van der Waals surface area contributed by atoms with Gasteiger partial charge in [-0.3, -0.25) is 10.3 Å². The van der Waals surface area contributed by atoms with Gasteiger partial charge in [-0.1, -0.05) is 18.2 Å². The van der Waals surface area contributed by atoms with Crippen molar-refractivity contribution < 1.29 is 0 Å². The van der Waals surface area contributed by atoms with Gasteiger partial charge in [0.2, 0.25) is 5.95 Å². The number of amidine groups is 1. The Balaban J connectivity index is 1.66. The van der Waals surface area contributed by atoms with Crippen LogP contribution in [-0.2, 0) is 6.54 Å². The molecule has 30 heavy (non-hydrogen) atoms. The molecule has 2 aromatic heterocycles. The van der Waals surface area contributed by atoms with E-state index in [1.54, 1.807) is 12.3 Å². The maximum atomic E-state index is 8.11. The molecule has 0 saturated carbocycles. The van der Waals surface area contributed by atoms with E-state index in [1.165, 1.54) is 42.4 Å². The number of H-pyrrole nitrogens is 1. The minimum absolute atomic E-state index is 0.239. The lowest BCUT2D eigenvalue weighted by molar-refractivity contribution is 0.332. The molecule has 1 fully saturated rings. The second-order valence-corrected chi connectivity index (χ2v) is 7.87. The summed E-state index contributed by atoms with van der Waals surface area (Å²) in [6, 6.07) is 6.48. The summed E-state index contributed by atoms with van der Waals surface area (Å²) in [6.07, 6.45) is 8.13. The van der Waals surface area contributed by atoms with E-state index in [9.17, 15) is 0 Å². The van der Waals surface area contributed by atoms with Crippen molar-refractivity contribution in [3.05, 3.63) is 53.5 Å². The van der Waals surface area contributed by atoms with E-state index in [0.717, 1.165) is 29.1 Å². The van der Waals surface area contributed by atoms with E-state index in [0.29, 0.717) is 5.95 Å². The molecule has 0 spiro atoms. The fourth-order valence-corrected chi connectivity index (χ4v) is 3.95. The highest BCUT2D eigenvalue weighted by Gasteiger charge is 2.17. The molecule has 3 aromatic rings. The molecule has 1 saturated heterocycles. The highest BCUT2D eigenvalue weighted by molar-refractivity contribution is 6.01. The maximum Gasteiger partial charge on any atom is 0.228 e. The molecule has 1 aliphatic rings. The molecular formula is C23H29N7. The van der Waals surface area contributed by atoms with E-state index in [-0.39, 0.29) is 5.84 Å². The average molecular weight is 404 g/mol. The van der Waals surface area contributed by atoms with Crippen LogP contribution in [0.15, 0.2) is 42.4 Å². The lowest BCUT2D eigenvalue weighted by Crippen LogP contribution is -2.18. The zero-order chi connectivity index (χ0) is 21.1. The molecule has 0 amide bonds. The van der Waals surface area contributed by atoms with Crippen molar-refractivity contribution in [3.63, 3.8) is 0 Å². The second kappa shape index (κ2) is 8.67. The van der Waals surface area contributed by atoms with Gasteiger partial charge in [0.1, 0.15) is 5.84 Å². The lowest BCUT2D eigenvalue weighted by atomic mass is 10.0. The number of allylic oxidation sites excluding steroid dienone is 1. The van der Waals surface area contributed by atoms with Crippen LogP contribution in [0.2, 0.25) is 0 Å². The number of anilines is 1. The second-order valence-electron chi connectivity index (χ2n) is 7.87. The number of benzene rings is 1. The molecule has 7 heteroatoms. The molecule has 1 aliphatic heterocycles. The van der Waals surface area contributed by atoms with Crippen LogP contribution in [0.5, 0.6) is 0 Å². The number of fused-ring (bicyclic) bond motifs is 1. The van der Waals surface area contributed by atoms with Gasteiger partial charge in [-0.25, -0.2) is 9.97 Å². The number of hydrogen-bond donors (Lipinski definition) is 4. The minimum atomic E-state index is 0.239. The molecule has 156 valence electrons. The van der Waals surface area contributed by atoms with Gasteiger partial charge in [-0.2, -0.15) is 0 Å². The van der Waals surface area contributed by atoms with Gasteiger partial charge in [-0.05, 0) is 57.0 Å². The smallest absolute Gasteiger partial charge is 0.228 e. The summed E-state index contributed by atoms with van der Waals surface area (Å²) < 4.78 is 0. The van der Waals surface area contributed by atoms with Gasteiger partial charge >= 0.3 is 0 Å². The number of para-hydroxylation sites is 1. The Bertz CT molecular complexity index is 1090. The number of aromatic nitrogens is 3. The third kappa shape index (κ3) is 4.21. The Morgan fingerprint density at radius 3 is 2.87 bits per heavy atom. The van der Waals surface area contributed by atoms with Crippen molar-refractivity contribution in [2.45, 2.75) is 33.2 Å². The van der Waals surface area contributed by atoms with E-state index >= 15 is 0 Å². The summed E-state index contributed by atoms with van der Waals surface area (Å²) in [5, 5.41) is 15.3. The first-order chi connectivity index (χ1) is 14.5. The molecule has 1 aromatic carbocycles. The first-order valence-electron chi connectivity index (χ1n) is 10.4. The zero-order valence-corrected chi connectivity index (χ0v) is 17.8. The van der Waals surface area contributed by atoms with Crippen LogP contribution < -0.4 is 10.6 Å². The van der Waals surface area contributed by atoms with E-state index in [4.69, 9.17) is 10.4 Å². The SMILES string of the molecule is CN/C(C)=C\C(=N)Nc1ncc(C)c(-c2c[nH]c3c(CN4CCCC4)cccc23)n1. The maximum absolute atomic E-state index is 8.11. The quantitative estimate of drug-likeness (QED) is 0.368. The summed E-state index contributed by atoms with van der Waals surface area (Å²) in [5.74, 6) is 0.659. The van der Waals surface area contributed by atoms with Crippen LogP contribution >= 0.6 is 0 Å². The molecule has 0 aliphatic carbocycles. The summed E-state index contributed by atoms with van der Waals surface area (Å²) in [4.78, 5) is 15.1. The van der Waals surface area contributed by atoms with Crippen LogP contribution in [-0.4, -0.2) is 45.8 Å². The largest absolute Gasteiger partial charge is 0.392 e. The first-order valence-corrected chi connectivity index (χ1v) is 10.4. The standard InChI is InChI=1S/C23H29N7/c1-15-12-27-23(28-20(24)11-16(2)25-3)29-21(15)19-13-26-22-17(7-6-8-18(19)22)14-30-9-4-5-10-30/h6-8,11-13,25-26H,4-5,9-10,14H2,1-3H3,(H2,24,27,28,29)/b16-11-. The number of rotatable bonds is 6. The normalized spacial score (nSPS) is 15.0. The molecule has 0 atom stereocenters. The molecule has 0 radical (unpaired) electrons. The highest BCUT2D eigenvalue weighted by Crippen LogP contribution is 2.32. The Labute approximate surface area is 177 Å². The lowest BCUT2D eigenvalue weighted by Gasteiger charge is -2.15. The molecule has 3 heterocycles. The van der Waals surface area contributed by atoms with Gasteiger partial charge in [-0.15, -0.1) is 0 Å². The highest BCUT2D eigenvalue weighted by atomic mass is 15.1. The van der Waals surface area contributed by atoms with Gasteiger partial charge in [0.05, 0.1) is 11.2 Å². The number of likely N-dealkylation sites (tertiary alicyclic amines) is 1. The summed E-state index contributed by atoms with van der Waals surface area (Å²) >= 11 is 0. The average Bonchev–Trinajstić information content (AvgIpc) is 3.39. The van der Waals surface area contributed by atoms with Crippen LogP contribution in [0, 0.1) is 12.3 Å². The molecule has 0 unspecified atom stereocenters. The molecule has 4 N–H and O–H groups in total. The summed E-state index contributed by atoms with van der Waals surface area (Å²) in [5.41, 5.74) is 6.32. The predicted molar refractivity (Wildman–Crippen MR) is 123 cm³/mol. The molecule has 0 bridgehead atoms. The Hall–Kier alpha value is -3.19. The molecule has 7 nitrogen and oxygen atoms in total. The van der Waals surface area contributed by atoms with Crippen molar-refractivity contribution in [1.29, 1.82) is 5.41 Å². The number of nitrogens with one attached hydrogen (secondary N) is 4. The van der Waals surface area contributed by atoms with Crippen LogP contribution in [0.4, 0.5) is 5.95 Å². The third-order valence-electron chi connectivity index (χ3n) is 5.62. The fourth-order valence-electron chi connectivity index (χ4n) is 3.95. The minimum Gasteiger partial charge on any atom is -0.392 e. The van der Waals surface area contributed by atoms with Gasteiger partial charge < -0.3 is 15.6 Å². The van der Waals surface area contributed by atoms with Gasteiger partial charge in [0.15, 0.2) is 0 Å². The number of aryl methyl sites for hydroxylation is 1. The van der Waals surface area contributed by atoms with Crippen molar-refractivity contribution in [1.82, 2.24) is 25.2 Å². The summed E-state index contributed by atoms with van der Waals surface area (Å²) in [6.45, 7) is 7.25. The number of aromatic amines is 1. The van der Waals surface area contributed by atoms with Crippen molar-refractivity contribution in [2.24, 2.45) is 0 Å². The predicted octanol–water partition coefficient (Wildman–Crippen LogP) is 4.04. The molecular weight excluding hydrogens is 374 g/mol. The van der Waals surface area contributed by atoms with Crippen LogP contribution in [0.3, 0.4) is 0 Å². The first kappa shape index (κ1) is 20.1.